The summed E-state index contributed by atoms with van der Waals surface area (Å²) in [4.78, 5) is 8.99. The van der Waals surface area contributed by atoms with Gasteiger partial charge in [0.15, 0.2) is 0 Å². The molecule has 0 amide bonds. The van der Waals surface area contributed by atoms with Crippen LogP contribution in [0.15, 0.2) is 6.20 Å². The van der Waals surface area contributed by atoms with Gasteiger partial charge in [-0.2, -0.15) is 8.78 Å². The highest BCUT2D eigenvalue weighted by Crippen LogP contribution is 2.28. The van der Waals surface area contributed by atoms with Crippen LogP contribution in [0.5, 0.6) is 0 Å². The molecule has 0 aliphatic heterocycles. The predicted molar refractivity (Wildman–Crippen MR) is 103 cm³/mol. The second kappa shape index (κ2) is 10.1. The maximum atomic E-state index is 12.3. The number of aliphatic hydroxyl groups excluding tert-OH is 1. The average Bonchev–Trinajstić information content (AvgIpc) is 2.87. The van der Waals surface area contributed by atoms with Crippen molar-refractivity contribution in [3.63, 3.8) is 0 Å². The van der Waals surface area contributed by atoms with E-state index in [2.05, 4.69) is 25.9 Å². The van der Waals surface area contributed by atoms with Crippen LogP contribution in [0, 0.1) is 18.3 Å². The zero-order valence-electron chi connectivity index (χ0n) is 16.1. The highest BCUT2D eigenvalue weighted by atomic mass is 19.3. The fraction of sp³-hybridized carbons (Fsp3) is 0.714. The van der Waals surface area contributed by atoms with Crippen molar-refractivity contribution in [3.05, 3.63) is 17.5 Å². The van der Waals surface area contributed by atoms with Crippen LogP contribution in [0.3, 0.4) is 0 Å². The van der Waals surface area contributed by atoms with Gasteiger partial charge in [-0.3, -0.25) is 0 Å². The Morgan fingerprint density at radius 3 is 2.68 bits per heavy atom. The summed E-state index contributed by atoms with van der Waals surface area (Å²) in [6.45, 7) is -2.71. The molecule has 0 radical (unpaired) electrons. The minimum atomic E-state index is -2.71. The van der Waals surface area contributed by atoms with Crippen molar-refractivity contribution in [2.75, 3.05) is 5.32 Å². The first kappa shape index (κ1) is 20.9. The minimum absolute atomic E-state index is 0.141. The summed E-state index contributed by atoms with van der Waals surface area (Å²) in [5.74, 6) is 3.56. The highest BCUT2D eigenvalue weighted by Gasteiger charge is 2.25. The summed E-state index contributed by atoms with van der Waals surface area (Å²) < 4.78 is 29.3. The molecule has 1 heterocycles. The van der Waals surface area contributed by atoms with Crippen molar-refractivity contribution in [1.29, 1.82) is 0 Å². The van der Waals surface area contributed by atoms with Crippen molar-refractivity contribution in [2.24, 2.45) is 5.92 Å². The first-order chi connectivity index (χ1) is 13.5. The maximum absolute atomic E-state index is 12.3. The molecule has 2 aliphatic rings. The fourth-order valence-electron chi connectivity index (χ4n) is 4.33. The van der Waals surface area contributed by atoms with E-state index >= 15 is 0 Å². The third-order valence-corrected chi connectivity index (χ3v) is 5.81. The summed E-state index contributed by atoms with van der Waals surface area (Å²) in [6, 6.07) is 0.141. The van der Waals surface area contributed by atoms with Crippen LogP contribution in [0.25, 0.3) is 0 Å². The van der Waals surface area contributed by atoms with Crippen LogP contribution in [0.4, 0.5) is 14.7 Å². The van der Waals surface area contributed by atoms with Gasteiger partial charge in [-0.25, -0.2) is 9.97 Å². The van der Waals surface area contributed by atoms with Crippen LogP contribution in [0.2, 0.25) is 0 Å². The van der Waals surface area contributed by atoms with E-state index in [9.17, 15) is 13.9 Å². The summed E-state index contributed by atoms with van der Waals surface area (Å²) in [6.07, 6.45) is 15.0. The predicted octanol–water partition coefficient (Wildman–Crippen LogP) is 3.90. The van der Waals surface area contributed by atoms with E-state index in [1.54, 1.807) is 6.20 Å². The Morgan fingerprint density at radius 1 is 1.21 bits per heavy atom. The molecular weight excluding hydrogens is 364 g/mol. The van der Waals surface area contributed by atoms with E-state index in [-0.39, 0.29) is 18.2 Å². The van der Waals surface area contributed by atoms with Gasteiger partial charge in [0.1, 0.15) is 0 Å². The number of nitrogens with zero attached hydrogens (tertiary/aromatic N) is 2. The molecule has 0 aromatic carbocycles. The Kier molecular flexibility index (Phi) is 7.57. The number of anilines is 1. The van der Waals surface area contributed by atoms with Crippen molar-refractivity contribution in [1.82, 2.24) is 9.97 Å². The van der Waals surface area contributed by atoms with Crippen LogP contribution in [0.1, 0.15) is 69.0 Å². The lowest BCUT2D eigenvalue weighted by molar-refractivity contribution is -0.169. The van der Waals surface area contributed by atoms with Crippen molar-refractivity contribution in [3.8, 4) is 12.3 Å². The van der Waals surface area contributed by atoms with Gasteiger partial charge in [0.2, 0.25) is 5.95 Å². The first-order valence-electron chi connectivity index (χ1n) is 10.2. The lowest BCUT2D eigenvalue weighted by Gasteiger charge is -2.29. The number of aromatic nitrogens is 2. The molecule has 154 valence electrons. The van der Waals surface area contributed by atoms with Crippen molar-refractivity contribution in [2.45, 2.75) is 89.1 Å². The standard InChI is InChI=1S/C21H29F2N3O2/c1-2-15-13-24-21(25-16-7-9-18(10-8-16)28-20(22)23)26-19(15)12-14-5-3-4-6-17(27)11-14/h1,13-14,16-18,20,27H,3-12H2,(H,24,25,26)/t14-,16?,17+,18?/m1/s1. The van der Waals surface area contributed by atoms with E-state index in [1.807, 2.05) is 0 Å². The fourth-order valence-corrected chi connectivity index (χ4v) is 4.33. The van der Waals surface area contributed by atoms with E-state index in [1.165, 1.54) is 0 Å². The van der Waals surface area contributed by atoms with Gasteiger partial charge >= 0.3 is 6.61 Å². The van der Waals surface area contributed by atoms with Gasteiger partial charge in [-0.1, -0.05) is 18.8 Å². The monoisotopic (exact) mass is 393 g/mol. The summed E-state index contributed by atoms with van der Waals surface area (Å²) in [7, 11) is 0. The number of nitrogens with one attached hydrogen (secondary N) is 1. The van der Waals surface area contributed by atoms with Crippen LogP contribution in [-0.2, 0) is 11.2 Å². The number of halogens is 2. The van der Waals surface area contributed by atoms with Gasteiger partial charge < -0.3 is 15.2 Å². The first-order valence-corrected chi connectivity index (χ1v) is 10.2. The number of ether oxygens (including phenoxy) is 1. The molecule has 3 rings (SSSR count). The Hall–Kier alpha value is -1.78. The normalized spacial score (nSPS) is 28.5. The molecule has 2 saturated carbocycles. The molecule has 0 spiro atoms. The van der Waals surface area contributed by atoms with E-state index < -0.39 is 6.61 Å². The van der Waals surface area contributed by atoms with Gasteiger partial charge in [-0.05, 0) is 57.3 Å². The second-order valence-corrected chi connectivity index (χ2v) is 7.96. The zero-order valence-corrected chi connectivity index (χ0v) is 16.1. The number of terminal acetylenes is 1. The highest BCUT2D eigenvalue weighted by molar-refractivity contribution is 5.39. The molecule has 28 heavy (non-hydrogen) atoms. The number of hydrogen-bond acceptors (Lipinski definition) is 5. The zero-order chi connectivity index (χ0) is 19.9. The molecular formula is C21H29F2N3O2. The van der Waals surface area contributed by atoms with Crippen molar-refractivity contribution >= 4 is 5.95 Å². The van der Waals surface area contributed by atoms with Gasteiger partial charge in [0, 0.05) is 12.2 Å². The van der Waals surface area contributed by atoms with Crippen LogP contribution >= 0.6 is 0 Å². The van der Waals surface area contributed by atoms with E-state index in [0.29, 0.717) is 30.3 Å². The maximum Gasteiger partial charge on any atom is 0.345 e. The molecule has 7 heteroatoms. The quantitative estimate of drug-likeness (QED) is 0.567. The number of rotatable bonds is 6. The smallest absolute Gasteiger partial charge is 0.345 e. The molecule has 2 aliphatic carbocycles. The Bertz CT molecular complexity index is 672. The molecule has 1 aromatic heterocycles. The Labute approximate surface area is 165 Å². The molecule has 2 atom stereocenters. The number of aliphatic hydroxyl groups is 1. The third-order valence-electron chi connectivity index (χ3n) is 5.81. The van der Waals surface area contributed by atoms with E-state index in [4.69, 9.17) is 6.42 Å². The summed E-state index contributed by atoms with van der Waals surface area (Å²) in [5, 5.41) is 13.4. The van der Waals surface area contributed by atoms with Gasteiger partial charge in [0.05, 0.1) is 23.5 Å². The largest absolute Gasteiger partial charge is 0.393 e. The lowest BCUT2D eigenvalue weighted by atomic mass is 9.92. The van der Waals surface area contributed by atoms with Crippen LogP contribution in [-0.4, -0.2) is 39.9 Å². The molecule has 1 aromatic rings. The molecule has 0 unspecified atom stereocenters. The summed E-state index contributed by atoms with van der Waals surface area (Å²) >= 11 is 0. The molecule has 2 fully saturated rings. The number of hydrogen-bond donors (Lipinski definition) is 2. The van der Waals surface area contributed by atoms with Gasteiger partial charge in [-0.15, -0.1) is 6.42 Å². The molecule has 0 saturated heterocycles. The Balaban J connectivity index is 1.60. The number of alkyl halides is 2. The van der Waals surface area contributed by atoms with Crippen molar-refractivity contribution < 1.29 is 18.6 Å². The topological polar surface area (TPSA) is 67.3 Å². The van der Waals surface area contributed by atoms with E-state index in [0.717, 1.165) is 57.1 Å². The SMILES string of the molecule is C#Cc1cnc(NC2CCC(OC(F)F)CC2)nc1C[C@@H]1CCCC[C@H](O)C1. The second-order valence-electron chi connectivity index (χ2n) is 7.96. The molecule has 2 N–H and O–H groups in total. The Morgan fingerprint density at radius 2 is 1.96 bits per heavy atom. The average molecular weight is 393 g/mol. The lowest BCUT2D eigenvalue weighted by Crippen LogP contribution is -2.31. The third kappa shape index (κ3) is 6.11. The molecule has 5 nitrogen and oxygen atoms in total. The minimum Gasteiger partial charge on any atom is -0.393 e. The molecule has 0 bridgehead atoms. The van der Waals surface area contributed by atoms with Gasteiger partial charge in [0.25, 0.3) is 0 Å². The summed E-state index contributed by atoms with van der Waals surface area (Å²) in [5.41, 5.74) is 1.53. The van der Waals surface area contributed by atoms with Crippen LogP contribution < -0.4 is 5.32 Å².